The second-order valence-corrected chi connectivity index (χ2v) is 7.45. The van der Waals surface area contributed by atoms with Gasteiger partial charge in [0.2, 0.25) is 0 Å². The molecule has 1 atom stereocenters. The van der Waals surface area contributed by atoms with Gasteiger partial charge >= 0.3 is 35.5 Å². The third-order valence-corrected chi connectivity index (χ3v) is 4.40. The van der Waals surface area contributed by atoms with E-state index in [-0.39, 0.29) is 31.0 Å². The van der Waals surface area contributed by atoms with Crippen molar-refractivity contribution in [2.24, 2.45) is 0 Å². The SMILES string of the molecule is CCCCCCCCCCCCC(CS(=O)(=O)O)OC(C)=O.[H-].[Na+]. The average Bonchev–Trinajstić information content (AvgIpc) is 2.38. The Bertz CT molecular complexity index is 390. The molecule has 134 valence electrons. The molecule has 0 radical (unpaired) electrons. The predicted octanol–water partition coefficient (Wildman–Crippen LogP) is 1.23. The van der Waals surface area contributed by atoms with Crippen LogP contribution in [-0.2, 0) is 19.6 Å². The summed E-state index contributed by atoms with van der Waals surface area (Å²) in [5, 5.41) is 0. The maximum Gasteiger partial charge on any atom is 1.00 e. The summed E-state index contributed by atoms with van der Waals surface area (Å²) in [5.74, 6) is -1.02. The van der Waals surface area contributed by atoms with Gasteiger partial charge in [-0.2, -0.15) is 8.42 Å². The number of hydrogen-bond acceptors (Lipinski definition) is 4. The quantitative estimate of drug-likeness (QED) is 0.218. The first-order valence-corrected chi connectivity index (χ1v) is 10.1. The Morgan fingerprint density at radius 3 is 1.83 bits per heavy atom. The van der Waals surface area contributed by atoms with Crippen molar-refractivity contribution >= 4 is 16.1 Å². The van der Waals surface area contributed by atoms with E-state index in [0.717, 1.165) is 19.3 Å². The van der Waals surface area contributed by atoms with Crippen LogP contribution in [0.2, 0.25) is 0 Å². The van der Waals surface area contributed by atoms with Crippen molar-refractivity contribution in [2.45, 2.75) is 90.6 Å². The van der Waals surface area contributed by atoms with Gasteiger partial charge in [-0.25, -0.2) is 0 Å². The summed E-state index contributed by atoms with van der Waals surface area (Å²) in [5.41, 5.74) is 0. The Balaban J connectivity index is -0.00000220. The van der Waals surface area contributed by atoms with Gasteiger partial charge in [-0.3, -0.25) is 9.35 Å². The van der Waals surface area contributed by atoms with Crippen LogP contribution in [0.1, 0.15) is 85.9 Å². The number of ether oxygens (including phenoxy) is 1. The van der Waals surface area contributed by atoms with Crippen LogP contribution >= 0.6 is 0 Å². The van der Waals surface area contributed by atoms with E-state index in [9.17, 15) is 13.2 Å². The maximum atomic E-state index is 10.9. The standard InChI is InChI=1S/C16H32O5S.Na.H/c1-3-4-5-6-7-8-9-10-11-12-13-16(21-15(2)17)14-22(18,19)20;;/h16H,3-14H2,1-2H3,(H,18,19,20);;/q;+1;-1. The molecular formula is C16H33NaO5S. The zero-order chi connectivity index (χ0) is 16.8. The minimum Gasteiger partial charge on any atom is -1.00 e. The Morgan fingerprint density at radius 2 is 1.43 bits per heavy atom. The van der Waals surface area contributed by atoms with Gasteiger partial charge in [-0.05, 0) is 12.8 Å². The number of carbonyl (C=O) groups is 1. The smallest absolute Gasteiger partial charge is 1.00 e. The molecule has 0 aliphatic carbocycles. The first kappa shape index (κ1) is 25.6. The van der Waals surface area contributed by atoms with Gasteiger partial charge in [0.05, 0.1) is 0 Å². The van der Waals surface area contributed by atoms with Crippen molar-refractivity contribution in [1.29, 1.82) is 0 Å². The first-order chi connectivity index (χ1) is 10.3. The van der Waals surface area contributed by atoms with Crippen molar-refractivity contribution in [2.75, 3.05) is 5.75 Å². The molecule has 0 spiro atoms. The Kier molecular flexibility index (Phi) is 17.7. The van der Waals surface area contributed by atoms with Crippen LogP contribution in [0.25, 0.3) is 0 Å². The topological polar surface area (TPSA) is 80.7 Å². The zero-order valence-corrected chi connectivity index (χ0v) is 17.9. The van der Waals surface area contributed by atoms with Gasteiger partial charge in [-0.1, -0.05) is 64.7 Å². The van der Waals surface area contributed by atoms with Gasteiger partial charge in [-0.15, -0.1) is 0 Å². The van der Waals surface area contributed by atoms with Crippen molar-refractivity contribution in [1.82, 2.24) is 0 Å². The molecule has 0 aromatic heterocycles. The van der Waals surface area contributed by atoms with E-state index in [0.29, 0.717) is 6.42 Å². The second kappa shape index (κ2) is 15.9. The number of carbonyl (C=O) groups excluding carboxylic acids is 1. The van der Waals surface area contributed by atoms with Crippen LogP contribution in [-0.4, -0.2) is 30.8 Å². The third kappa shape index (κ3) is 20.3. The summed E-state index contributed by atoms with van der Waals surface area (Å²) in [7, 11) is -4.11. The summed E-state index contributed by atoms with van der Waals surface area (Å²) in [6.07, 6.45) is 11.7. The normalized spacial score (nSPS) is 12.5. The summed E-state index contributed by atoms with van der Waals surface area (Å²) in [6.45, 7) is 3.46. The third-order valence-electron chi connectivity index (χ3n) is 3.61. The van der Waals surface area contributed by atoms with Gasteiger partial charge in [0.25, 0.3) is 10.1 Å². The molecule has 0 aromatic rings. The van der Waals surface area contributed by atoms with Crippen molar-refractivity contribution < 1.29 is 53.5 Å². The van der Waals surface area contributed by atoms with Gasteiger partial charge in [0.1, 0.15) is 11.9 Å². The Labute approximate surface area is 165 Å². The van der Waals surface area contributed by atoms with Crippen LogP contribution in [0.15, 0.2) is 0 Å². The number of esters is 1. The second-order valence-electron chi connectivity index (χ2n) is 5.95. The molecule has 0 saturated carbocycles. The fourth-order valence-corrected chi connectivity index (χ4v) is 3.21. The molecule has 1 unspecified atom stereocenters. The van der Waals surface area contributed by atoms with Crippen LogP contribution in [0, 0.1) is 0 Å². The van der Waals surface area contributed by atoms with E-state index in [2.05, 4.69) is 6.92 Å². The van der Waals surface area contributed by atoms with Gasteiger partial charge in [0.15, 0.2) is 0 Å². The molecular weight excluding hydrogens is 327 g/mol. The molecule has 0 saturated heterocycles. The Hall–Kier alpha value is 0.380. The largest absolute Gasteiger partial charge is 1.00 e. The van der Waals surface area contributed by atoms with Gasteiger partial charge in [0, 0.05) is 6.92 Å². The molecule has 0 aromatic carbocycles. The van der Waals surface area contributed by atoms with Gasteiger partial charge < -0.3 is 6.16 Å². The molecule has 0 fully saturated rings. The number of hydrogen-bond donors (Lipinski definition) is 1. The zero-order valence-electron chi connectivity index (χ0n) is 16.1. The number of unbranched alkanes of at least 4 members (excludes halogenated alkanes) is 9. The average molecular weight is 360 g/mol. The minimum atomic E-state index is -4.11. The van der Waals surface area contributed by atoms with Crippen LogP contribution < -0.4 is 29.6 Å². The fraction of sp³-hybridized carbons (Fsp3) is 0.938. The molecule has 0 aliphatic heterocycles. The molecule has 7 heteroatoms. The predicted molar refractivity (Wildman–Crippen MR) is 89.5 cm³/mol. The van der Waals surface area contributed by atoms with E-state index < -0.39 is 27.9 Å². The van der Waals surface area contributed by atoms with Crippen molar-refractivity contribution in [3.8, 4) is 0 Å². The van der Waals surface area contributed by atoms with E-state index in [1.165, 1.54) is 51.9 Å². The first-order valence-electron chi connectivity index (χ1n) is 8.47. The molecule has 23 heavy (non-hydrogen) atoms. The molecule has 0 amide bonds. The monoisotopic (exact) mass is 360 g/mol. The summed E-state index contributed by atoms with van der Waals surface area (Å²) in [4.78, 5) is 10.9. The van der Waals surface area contributed by atoms with Crippen LogP contribution in [0.4, 0.5) is 0 Å². The summed E-state index contributed by atoms with van der Waals surface area (Å²) < 4.78 is 35.5. The summed E-state index contributed by atoms with van der Waals surface area (Å²) >= 11 is 0. The number of rotatable bonds is 14. The van der Waals surface area contributed by atoms with Crippen molar-refractivity contribution in [3.63, 3.8) is 0 Å². The fourth-order valence-electron chi connectivity index (χ4n) is 2.51. The maximum absolute atomic E-state index is 10.9. The molecule has 5 nitrogen and oxygen atoms in total. The minimum absolute atomic E-state index is 0. The van der Waals surface area contributed by atoms with Crippen LogP contribution in [0.3, 0.4) is 0 Å². The Morgan fingerprint density at radius 1 is 1.00 bits per heavy atom. The van der Waals surface area contributed by atoms with Crippen molar-refractivity contribution in [3.05, 3.63) is 0 Å². The molecule has 0 aliphatic rings. The van der Waals surface area contributed by atoms with E-state index in [4.69, 9.17) is 9.29 Å². The summed E-state index contributed by atoms with van der Waals surface area (Å²) in [6, 6.07) is 0. The van der Waals surface area contributed by atoms with E-state index >= 15 is 0 Å². The van der Waals surface area contributed by atoms with E-state index in [1.54, 1.807) is 0 Å². The molecule has 1 N–H and O–H groups in total. The molecule has 0 rings (SSSR count). The van der Waals surface area contributed by atoms with Crippen LogP contribution in [0.5, 0.6) is 0 Å². The van der Waals surface area contributed by atoms with E-state index in [1.807, 2.05) is 0 Å². The molecule has 0 bridgehead atoms. The molecule has 0 heterocycles.